The number of carbonyl (C=O) groups is 1. The molecule has 156 valence electrons. The third kappa shape index (κ3) is 4.87. The molecule has 30 heavy (non-hydrogen) atoms. The van der Waals surface area contributed by atoms with Gasteiger partial charge in [-0.3, -0.25) is 9.52 Å². The second kappa shape index (κ2) is 8.95. The van der Waals surface area contributed by atoms with E-state index in [1.165, 1.54) is 31.4 Å². The van der Waals surface area contributed by atoms with Gasteiger partial charge >= 0.3 is 0 Å². The van der Waals surface area contributed by atoms with Gasteiger partial charge in [0, 0.05) is 5.56 Å². The van der Waals surface area contributed by atoms with E-state index in [1.54, 1.807) is 24.3 Å². The van der Waals surface area contributed by atoms with E-state index in [0.717, 1.165) is 5.56 Å². The van der Waals surface area contributed by atoms with Gasteiger partial charge in [0.1, 0.15) is 5.75 Å². The standard InChI is InChI=1S/C21H18Cl2N2O4S/c1-13-6-8-14(9-7-13)21(26)24-18-12-15(10-11-19(18)29-2)30(27,28)25-17-5-3-4-16(22)20(17)23/h3-12,25H,1-2H3,(H,24,26). The van der Waals surface area contributed by atoms with E-state index in [4.69, 9.17) is 27.9 Å². The Hall–Kier alpha value is -2.74. The van der Waals surface area contributed by atoms with Gasteiger partial charge in [-0.1, -0.05) is 47.0 Å². The van der Waals surface area contributed by atoms with Crippen molar-refractivity contribution in [3.8, 4) is 5.75 Å². The molecule has 0 atom stereocenters. The van der Waals surface area contributed by atoms with E-state index in [0.29, 0.717) is 11.3 Å². The van der Waals surface area contributed by atoms with Gasteiger partial charge in [-0.15, -0.1) is 0 Å². The highest BCUT2D eigenvalue weighted by Gasteiger charge is 2.20. The molecule has 0 aliphatic carbocycles. The highest BCUT2D eigenvalue weighted by Crippen LogP contribution is 2.33. The monoisotopic (exact) mass is 464 g/mol. The van der Waals surface area contributed by atoms with Gasteiger partial charge < -0.3 is 10.1 Å². The zero-order chi connectivity index (χ0) is 21.9. The molecule has 0 unspecified atom stereocenters. The number of rotatable bonds is 6. The highest BCUT2D eigenvalue weighted by molar-refractivity contribution is 7.92. The van der Waals surface area contributed by atoms with E-state index in [-0.39, 0.29) is 26.3 Å². The van der Waals surface area contributed by atoms with Gasteiger partial charge in [-0.05, 0) is 49.4 Å². The lowest BCUT2D eigenvalue weighted by Gasteiger charge is -2.14. The molecule has 0 aromatic heterocycles. The van der Waals surface area contributed by atoms with Crippen molar-refractivity contribution in [3.63, 3.8) is 0 Å². The average molecular weight is 465 g/mol. The molecule has 0 saturated carbocycles. The fraction of sp³-hybridized carbons (Fsp3) is 0.0952. The van der Waals surface area contributed by atoms with E-state index in [2.05, 4.69) is 10.0 Å². The van der Waals surface area contributed by atoms with Crippen molar-refractivity contribution >= 4 is 50.5 Å². The molecule has 6 nitrogen and oxygen atoms in total. The average Bonchev–Trinajstić information content (AvgIpc) is 2.71. The maximum atomic E-state index is 12.8. The van der Waals surface area contributed by atoms with Crippen LogP contribution in [-0.4, -0.2) is 21.4 Å². The normalized spacial score (nSPS) is 11.1. The molecule has 0 heterocycles. The maximum Gasteiger partial charge on any atom is 0.262 e. The third-order valence-corrected chi connectivity index (χ3v) is 6.42. The Morgan fingerprint density at radius 1 is 0.967 bits per heavy atom. The summed E-state index contributed by atoms with van der Waals surface area (Å²) in [5, 5.41) is 3.00. The molecule has 3 rings (SSSR count). The first-order valence-corrected chi connectivity index (χ1v) is 11.0. The predicted octanol–water partition coefficient (Wildman–Crippen LogP) is 5.36. The van der Waals surface area contributed by atoms with E-state index in [9.17, 15) is 13.2 Å². The van der Waals surface area contributed by atoms with Gasteiger partial charge in [0.2, 0.25) is 0 Å². The summed E-state index contributed by atoms with van der Waals surface area (Å²) in [6, 6.07) is 15.7. The summed E-state index contributed by atoms with van der Waals surface area (Å²) in [7, 11) is -2.58. The van der Waals surface area contributed by atoms with Crippen LogP contribution < -0.4 is 14.8 Å². The molecule has 2 N–H and O–H groups in total. The number of nitrogens with one attached hydrogen (secondary N) is 2. The first-order chi connectivity index (χ1) is 14.2. The number of benzene rings is 3. The van der Waals surface area contributed by atoms with Crippen molar-refractivity contribution in [2.45, 2.75) is 11.8 Å². The number of carbonyl (C=O) groups excluding carboxylic acids is 1. The molecule has 3 aromatic carbocycles. The Morgan fingerprint density at radius 3 is 2.33 bits per heavy atom. The lowest BCUT2D eigenvalue weighted by molar-refractivity contribution is 0.102. The fourth-order valence-corrected chi connectivity index (χ4v) is 4.14. The smallest absolute Gasteiger partial charge is 0.262 e. The number of anilines is 2. The molecule has 0 spiro atoms. The molecule has 0 aliphatic heterocycles. The molecule has 3 aromatic rings. The third-order valence-electron chi connectivity index (χ3n) is 4.24. The quantitative estimate of drug-likeness (QED) is 0.513. The van der Waals surface area contributed by atoms with E-state index in [1.807, 2.05) is 19.1 Å². The number of methoxy groups -OCH3 is 1. The van der Waals surface area contributed by atoms with Gasteiger partial charge in [0.15, 0.2) is 0 Å². The van der Waals surface area contributed by atoms with Crippen molar-refractivity contribution in [2.24, 2.45) is 0 Å². The second-order valence-corrected chi connectivity index (χ2v) is 8.86. The SMILES string of the molecule is COc1ccc(S(=O)(=O)Nc2cccc(Cl)c2Cl)cc1NC(=O)c1ccc(C)cc1. The van der Waals surface area contributed by atoms with Gasteiger partial charge in [-0.2, -0.15) is 0 Å². The van der Waals surface area contributed by atoms with E-state index >= 15 is 0 Å². The predicted molar refractivity (Wildman–Crippen MR) is 119 cm³/mol. The molecule has 0 saturated heterocycles. The maximum absolute atomic E-state index is 12.8. The van der Waals surface area contributed by atoms with Crippen LogP contribution in [0.2, 0.25) is 10.0 Å². The Labute approximate surface area is 184 Å². The number of sulfonamides is 1. The highest BCUT2D eigenvalue weighted by atomic mass is 35.5. The van der Waals surface area contributed by atoms with Crippen LogP contribution in [0, 0.1) is 6.92 Å². The lowest BCUT2D eigenvalue weighted by Crippen LogP contribution is -2.16. The summed E-state index contributed by atoms with van der Waals surface area (Å²) in [6.07, 6.45) is 0. The van der Waals surface area contributed by atoms with Crippen LogP contribution in [0.15, 0.2) is 65.6 Å². The molecule has 0 bridgehead atoms. The molecule has 0 aliphatic rings. The summed E-state index contributed by atoms with van der Waals surface area (Å²) in [5.41, 5.74) is 1.80. The zero-order valence-corrected chi connectivity index (χ0v) is 18.4. The topological polar surface area (TPSA) is 84.5 Å². The largest absolute Gasteiger partial charge is 0.495 e. The fourth-order valence-electron chi connectivity index (χ4n) is 2.64. The van der Waals surface area contributed by atoms with Gasteiger partial charge in [-0.25, -0.2) is 8.42 Å². The van der Waals surface area contributed by atoms with Crippen LogP contribution in [0.5, 0.6) is 5.75 Å². The summed E-state index contributed by atoms with van der Waals surface area (Å²) in [6.45, 7) is 1.91. The number of ether oxygens (including phenoxy) is 1. The number of aryl methyl sites for hydroxylation is 1. The minimum absolute atomic E-state index is 0.0847. The molecule has 1 amide bonds. The van der Waals surface area contributed by atoms with Crippen molar-refractivity contribution in [1.29, 1.82) is 0 Å². The summed E-state index contributed by atoms with van der Waals surface area (Å²) in [4.78, 5) is 12.5. The summed E-state index contributed by atoms with van der Waals surface area (Å²) in [5.74, 6) is -0.0797. The van der Waals surface area contributed by atoms with Crippen LogP contribution >= 0.6 is 23.2 Å². The first kappa shape index (κ1) is 22.0. The molecular formula is C21H18Cl2N2O4S. The lowest BCUT2D eigenvalue weighted by atomic mass is 10.1. The Bertz CT molecular complexity index is 1200. The molecule has 0 fully saturated rings. The van der Waals surface area contributed by atoms with Crippen LogP contribution in [0.25, 0.3) is 0 Å². The summed E-state index contributed by atoms with van der Waals surface area (Å²) < 4.78 is 33.3. The Kier molecular flexibility index (Phi) is 6.55. The van der Waals surface area contributed by atoms with Crippen LogP contribution in [-0.2, 0) is 10.0 Å². The Balaban J connectivity index is 1.92. The van der Waals surface area contributed by atoms with Crippen molar-refractivity contribution in [2.75, 3.05) is 17.1 Å². The van der Waals surface area contributed by atoms with E-state index < -0.39 is 15.9 Å². The zero-order valence-electron chi connectivity index (χ0n) is 16.1. The number of hydrogen-bond acceptors (Lipinski definition) is 4. The molecule has 9 heteroatoms. The van der Waals surface area contributed by atoms with Crippen LogP contribution in [0.4, 0.5) is 11.4 Å². The molecule has 0 radical (unpaired) electrons. The minimum atomic E-state index is -4.01. The molecular weight excluding hydrogens is 447 g/mol. The summed E-state index contributed by atoms with van der Waals surface area (Å²) >= 11 is 12.0. The second-order valence-electron chi connectivity index (χ2n) is 6.39. The van der Waals surface area contributed by atoms with Gasteiger partial charge in [0.05, 0.1) is 33.4 Å². The van der Waals surface area contributed by atoms with Crippen molar-refractivity contribution in [1.82, 2.24) is 0 Å². The van der Waals surface area contributed by atoms with Crippen molar-refractivity contribution in [3.05, 3.63) is 81.8 Å². The first-order valence-electron chi connectivity index (χ1n) is 8.74. The van der Waals surface area contributed by atoms with Gasteiger partial charge in [0.25, 0.3) is 15.9 Å². The Morgan fingerprint density at radius 2 is 1.67 bits per heavy atom. The number of hydrogen-bond donors (Lipinski definition) is 2. The number of amides is 1. The van der Waals surface area contributed by atoms with Crippen LogP contribution in [0.1, 0.15) is 15.9 Å². The number of halogens is 2. The van der Waals surface area contributed by atoms with Crippen molar-refractivity contribution < 1.29 is 17.9 Å². The van der Waals surface area contributed by atoms with Crippen LogP contribution in [0.3, 0.4) is 0 Å². The minimum Gasteiger partial charge on any atom is -0.495 e.